The second kappa shape index (κ2) is 4.93. The molecule has 1 N–H and O–H groups in total. The lowest BCUT2D eigenvalue weighted by molar-refractivity contribution is -0.140. The molecule has 7 atom stereocenters. The molecule has 3 nitrogen and oxygen atoms in total. The Bertz CT molecular complexity index is 535. The standard InChI is InChI=1S/C18H26INO2/c1-17-8-7-12-10(11(17)4-6-15(17)21)3-5-14-18(12,2)9-13(19)16(22)20-14/h10-14H,3-9H2,1-2H3,(H,20,22)/t10-,11-,12-,13+,14+,17-,18+/m0/s1. The Labute approximate surface area is 146 Å². The highest BCUT2D eigenvalue weighted by Crippen LogP contribution is 2.63. The zero-order valence-electron chi connectivity index (χ0n) is 13.5. The Morgan fingerprint density at radius 2 is 1.86 bits per heavy atom. The van der Waals surface area contributed by atoms with E-state index in [0.717, 1.165) is 32.1 Å². The van der Waals surface area contributed by atoms with Gasteiger partial charge in [-0.3, -0.25) is 9.59 Å². The molecule has 3 aliphatic carbocycles. The number of carbonyl (C=O) groups is 2. The molecular formula is C18H26INO2. The predicted octanol–water partition coefficient (Wildman–Crippen LogP) is 3.49. The summed E-state index contributed by atoms with van der Waals surface area (Å²) in [5, 5.41) is 3.31. The number of fused-ring (bicyclic) bond motifs is 5. The van der Waals surface area contributed by atoms with E-state index in [1.807, 2.05) is 0 Å². The van der Waals surface area contributed by atoms with Crippen molar-refractivity contribution in [3.05, 3.63) is 0 Å². The van der Waals surface area contributed by atoms with Crippen molar-refractivity contribution < 1.29 is 9.59 Å². The Kier molecular flexibility index (Phi) is 3.45. The summed E-state index contributed by atoms with van der Waals surface area (Å²) in [6.07, 6.45) is 7.48. The van der Waals surface area contributed by atoms with Crippen LogP contribution in [0.5, 0.6) is 0 Å². The monoisotopic (exact) mass is 415 g/mol. The predicted molar refractivity (Wildman–Crippen MR) is 93.7 cm³/mol. The molecule has 0 spiro atoms. The summed E-state index contributed by atoms with van der Waals surface area (Å²) in [5.41, 5.74) is 0.196. The summed E-state index contributed by atoms with van der Waals surface area (Å²) in [6, 6.07) is 0.355. The first kappa shape index (κ1) is 15.4. The number of rotatable bonds is 0. The zero-order valence-corrected chi connectivity index (χ0v) is 15.7. The number of halogens is 1. The molecular weight excluding hydrogens is 389 g/mol. The van der Waals surface area contributed by atoms with Gasteiger partial charge in [0.2, 0.25) is 5.91 Å². The number of ketones is 1. The number of Topliss-reactive ketones (excluding diaryl/α,β-unsaturated/α-hetero) is 1. The quantitative estimate of drug-likeness (QED) is 0.487. The van der Waals surface area contributed by atoms with Gasteiger partial charge in [0.25, 0.3) is 0 Å². The molecule has 0 unspecified atom stereocenters. The van der Waals surface area contributed by atoms with Gasteiger partial charge in [-0.25, -0.2) is 0 Å². The van der Waals surface area contributed by atoms with Gasteiger partial charge in [0.15, 0.2) is 0 Å². The number of amides is 1. The van der Waals surface area contributed by atoms with E-state index in [9.17, 15) is 9.59 Å². The van der Waals surface area contributed by atoms with Crippen molar-refractivity contribution in [1.82, 2.24) is 5.32 Å². The van der Waals surface area contributed by atoms with Crippen molar-refractivity contribution in [3.63, 3.8) is 0 Å². The normalized spacial score (nSPS) is 54.2. The molecule has 0 aromatic rings. The van der Waals surface area contributed by atoms with E-state index in [-0.39, 0.29) is 20.7 Å². The van der Waals surface area contributed by atoms with Crippen LogP contribution in [-0.2, 0) is 9.59 Å². The van der Waals surface area contributed by atoms with Crippen molar-refractivity contribution in [1.29, 1.82) is 0 Å². The molecule has 1 saturated heterocycles. The molecule has 0 aromatic heterocycles. The zero-order chi connectivity index (χ0) is 15.7. The van der Waals surface area contributed by atoms with E-state index in [4.69, 9.17) is 0 Å². The van der Waals surface area contributed by atoms with Crippen LogP contribution in [-0.4, -0.2) is 21.7 Å². The average molecular weight is 415 g/mol. The SMILES string of the molecule is C[C@]12C[C@@H](I)C(=O)N[C@@H]1CC[C@@H]1[C@@H]2CC[C@]2(C)C(=O)CC[C@@H]12. The van der Waals surface area contributed by atoms with E-state index >= 15 is 0 Å². The molecule has 1 heterocycles. The molecule has 4 aliphatic rings. The fourth-order valence-corrected chi connectivity index (χ4v) is 7.63. The highest BCUT2D eigenvalue weighted by molar-refractivity contribution is 14.1. The second-order valence-corrected chi connectivity index (χ2v) is 10.1. The van der Waals surface area contributed by atoms with Gasteiger partial charge in [-0.2, -0.15) is 0 Å². The molecule has 1 amide bonds. The van der Waals surface area contributed by atoms with Gasteiger partial charge in [0.05, 0.1) is 3.92 Å². The molecule has 0 bridgehead atoms. The van der Waals surface area contributed by atoms with Crippen molar-refractivity contribution in [2.75, 3.05) is 0 Å². The summed E-state index contributed by atoms with van der Waals surface area (Å²) in [6.45, 7) is 4.65. The van der Waals surface area contributed by atoms with Gasteiger partial charge < -0.3 is 5.32 Å². The van der Waals surface area contributed by atoms with E-state index in [0.29, 0.717) is 29.6 Å². The first-order valence-corrected chi connectivity index (χ1v) is 10.1. The molecule has 122 valence electrons. The smallest absolute Gasteiger partial charge is 0.233 e. The molecule has 4 fully saturated rings. The number of hydrogen-bond donors (Lipinski definition) is 1. The molecule has 4 rings (SSSR count). The highest BCUT2D eigenvalue weighted by atomic mass is 127. The van der Waals surface area contributed by atoms with Crippen LogP contribution in [0.2, 0.25) is 0 Å². The van der Waals surface area contributed by atoms with E-state index in [2.05, 4.69) is 41.8 Å². The maximum atomic E-state index is 12.4. The fourth-order valence-electron chi connectivity index (χ4n) is 6.50. The fraction of sp³-hybridized carbons (Fsp3) is 0.889. The van der Waals surface area contributed by atoms with Crippen molar-refractivity contribution >= 4 is 34.3 Å². The maximum absolute atomic E-state index is 12.4. The van der Waals surface area contributed by atoms with Gasteiger partial charge in [-0.15, -0.1) is 0 Å². The molecule has 1 aliphatic heterocycles. The Hall–Kier alpha value is -0.130. The average Bonchev–Trinajstić information content (AvgIpc) is 2.77. The van der Waals surface area contributed by atoms with Crippen molar-refractivity contribution in [2.45, 2.75) is 68.8 Å². The summed E-state index contributed by atoms with van der Waals surface area (Å²) < 4.78 is 0.108. The second-order valence-electron chi connectivity index (χ2n) is 8.61. The molecule has 0 aromatic carbocycles. The summed E-state index contributed by atoms with van der Waals surface area (Å²) in [7, 11) is 0. The van der Waals surface area contributed by atoms with E-state index in [1.165, 1.54) is 12.8 Å². The highest BCUT2D eigenvalue weighted by Gasteiger charge is 2.61. The number of nitrogens with one attached hydrogen (secondary N) is 1. The minimum atomic E-state index is -0.0357. The number of hydrogen-bond acceptors (Lipinski definition) is 2. The summed E-state index contributed by atoms with van der Waals surface area (Å²) in [4.78, 5) is 24.5. The Morgan fingerprint density at radius 1 is 1.09 bits per heavy atom. The van der Waals surface area contributed by atoms with Crippen molar-refractivity contribution in [2.24, 2.45) is 28.6 Å². The van der Waals surface area contributed by atoms with E-state index < -0.39 is 0 Å². The molecule has 4 heteroatoms. The molecule has 3 saturated carbocycles. The van der Waals surface area contributed by atoms with Gasteiger partial charge in [-0.1, -0.05) is 36.4 Å². The first-order valence-electron chi connectivity index (χ1n) is 8.84. The molecule has 0 radical (unpaired) electrons. The third-order valence-corrected chi connectivity index (χ3v) is 8.80. The number of alkyl halides is 1. The Balaban J connectivity index is 1.66. The van der Waals surface area contributed by atoms with Crippen LogP contribution < -0.4 is 5.32 Å². The van der Waals surface area contributed by atoms with Gasteiger partial charge in [-0.05, 0) is 61.7 Å². The van der Waals surface area contributed by atoms with Crippen LogP contribution in [0.1, 0.15) is 58.8 Å². The maximum Gasteiger partial charge on any atom is 0.233 e. The lowest BCUT2D eigenvalue weighted by atomic mass is 9.47. The lowest BCUT2D eigenvalue weighted by Crippen LogP contribution is -2.63. The van der Waals surface area contributed by atoms with Gasteiger partial charge >= 0.3 is 0 Å². The minimum Gasteiger partial charge on any atom is -0.352 e. The largest absolute Gasteiger partial charge is 0.352 e. The van der Waals surface area contributed by atoms with Crippen LogP contribution in [0.25, 0.3) is 0 Å². The topological polar surface area (TPSA) is 46.2 Å². The first-order chi connectivity index (χ1) is 10.4. The third-order valence-electron chi connectivity index (χ3n) is 7.80. The van der Waals surface area contributed by atoms with Crippen LogP contribution in [0.15, 0.2) is 0 Å². The number of carbonyl (C=O) groups excluding carboxylic acids is 2. The van der Waals surface area contributed by atoms with Crippen LogP contribution >= 0.6 is 22.6 Å². The third kappa shape index (κ3) is 1.91. The molecule has 22 heavy (non-hydrogen) atoms. The summed E-state index contributed by atoms with van der Waals surface area (Å²) in [5.74, 6) is 2.74. The van der Waals surface area contributed by atoms with Crippen LogP contribution in [0.3, 0.4) is 0 Å². The number of piperidine rings is 1. The van der Waals surface area contributed by atoms with Gasteiger partial charge in [0.1, 0.15) is 5.78 Å². The minimum absolute atomic E-state index is 0.0357. The van der Waals surface area contributed by atoms with Gasteiger partial charge in [0, 0.05) is 17.9 Å². The van der Waals surface area contributed by atoms with E-state index in [1.54, 1.807) is 0 Å². The van der Waals surface area contributed by atoms with Crippen LogP contribution in [0, 0.1) is 28.6 Å². The van der Waals surface area contributed by atoms with Crippen molar-refractivity contribution in [3.8, 4) is 0 Å². The van der Waals surface area contributed by atoms with Crippen LogP contribution in [0.4, 0.5) is 0 Å². The lowest BCUT2D eigenvalue weighted by Gasteiger charge is -2.59. The Morgan fingerprint density at radius 3 is 2.64 bits per heavy atom. The summed E-state index contributed by atoms with van der Waals surface area (Å²) >= 11 is 2.32.